The molecule has 2 unspecified atom stereocenters. The third kappa shape index (κ3) is 10.8. The zero-order valence-corrected chi connectivity index (χ0v) is 34.4. The van der Waals surface area contributed by atoms with Crippen molar-refractivity contribution in [3.8, 4) is 5.75 Å². The quantitative estimate of drug-likeness (QED) is 0.187. The fraction of sp³-hybridized carbons (Fsp3) is 0.651. The smallest absolute Gasteiger partial charge is 0.409 e. The van der Waals surface area contributed by atoms with Crippen LogP contribution in [-0.2, 0) is 28.7 Å². The van der Waals surface area contributed by atoms with Gasteiger partial charge in [-0.3, -0.25) is 24.0 Å². The first-order chi connectivity index (χ1) is 28.0. The zero-order chi connectivity index (χ0) is 41.2. The molecule has 2 saturated heterocycles. The number of carbonyl (C=O) groups is 6. The SMILES string of the molecule is CCCCOC(=O)N1CCN(C(=O)C(CCC(=O)OCC2CCCC2)NC(=O)c2cc(OCC(=O)N3CCCC3C(=O)N(C)C3CCC3)c3ccc(C)cc3n2)CC1. The van der Waals surface area contributed by atoms with E-state index in [0.717, 1.165) is 69.8 Å². The Bertz CT molecular complexity index is 1800. The summed E-state index contributed by atoms with van der Waals surface area (Å²) in [6, 6.07) is 5.57. The maximum atomic E-state index is 14.0. The summed E-state index contributed by atoms with van der Waals surface area (Å²) < 4.78 is 17.1. The van der Waals surface area contributed by atoms with Crippen LogP contribution in [0.3, 0.4) is 0 Å². The number of aryl methyl sites for hydroxylation is 1. The Morgan fingerprint density at radius 2 is 1.64 bits per heavy atom. The second kappa shape index (κ2) is 20.1. The lowest BCUT2D eigenvalue weighted by molar-refractivity contribution is -0.146. The van der Waals surface area contributed by atoms with Crippen LogP contribution in [0.15, 0.2) is 24.3 Å². The predicted octanol–water partition coefficient (Wildman–Crippen LogP) is 4.62. The third-order valence-corrected chi connectivity index (χ3v) is 12.1. The van der Waals surface area contributed by atoms with Gasteiger partial charge in [-0.25, -0.2) is 9.78 Å². The number of hydrogen-bond donors (Lipinski definition) is 1. The average Bonchev–Trinajstić information content (AvgIpc) is 3.92. The van der Waals surface area contributed by atoms with Crippen molar-refractivity contribution in [1.29, 1.82) is 0 Å². The summed E-state index contributed by atoms with van der Waals surface area (Å²) in [5, 5.41) is 3.43. The molecule has 2 aromatic rings. The van der Waals surface area contributed by atoms with Gasteiger partial charge in [-0.1, -0.05) is 32.3 Å². The number of likely N-dealkylation sites (N-methyl/N-ethyl adjacent to an activating group) is 1. The summed E-state index contributed by atoms with van der Waals surface area (Å²) in [5.74, 6) is -1.23. The van der Waals surface area contributed by atoms with Crippen LogP contribution in [0.1, 0.15) is 106 Å². The van der Waals surface area contributed by atoms with Crippen molar-refractivity contribution in [2.24, 2.45) is 5.92 Å². The Hall–Kier alpha value is -4.95. The lowest BCUT2D eigenvalue weighted by atomic mass is 9.91. The number of piperazine rings is 1. The van der Waals surface area contributed by atoms with Gasteiger partial charge in [0.1, 0.15) is 23.5 Å². The van der Waals surface area contributed by atoms with E-state index < -0.39 is 30.1 Å². The molecule has 316 valence electrons. The molecule has 0 spiro atoms. The Morgan fingerprint density at radius 3 is 2.34 bits per heavy atom. The van der Waals surface area contributed by atoms with Gasteiger partial charge in [0.05, 0.1) is 18.7 Å². The van der Waals surface area contributed by atoms with E-state index in [1.165, 1.54) is 6.07 Å². The van der Waals surface area contributed by atoms with Crippen LogP contribution in [0.4, 0.5) is 4.79 Å². The number of likely N-dealkylation sites (tertiary alicyclic amines) is 1. The summed E-state index contributed by atoms with van der Waals surface area (Å²) in [5.41, 5.74) is 1.33. The zero-order valence-electron chi connectivity index (χ0n) is 34.4. The molecular formula is C43H60N6O9. The first-order valence-corrected chi connectivity index (χ1v) is 21.3. The number of nitrogens with one attached hydrogen (secondary N) is 1. The van der Waals surface area contributed by atoms with Gasteiger partial charge >= 0.3 is 12.1 Å². The van der Waals surface area contributed by atoms with E-state index in [9.17, 15) is 28.8 Å². The molecule has 5 amide bonds. The van der Waals surface area contributed by atoms with Gasteiger partial charge in [-0.2, -0.15) is 0 Å². The molecule has 4 aliphatic rings. The normalized spacial score (nSPS) is 19.1. The molecule has 15 heteroatoms. The molecule has 58 heavy (non-hydrogen) atoms. The summed E-state index contributed by atoms with van der Waals surface area (Å²) in [6.45, 7) is 5.73. The van der Waals surface area contributed by atoms with Crippen molar-refractivity contribution < 1.29 is 43.0 Å². The highest BCUT2D eigenvalue weighted by atomic mass is 16.6. The van der Waals surface area contributed by atoms with Crippen molar-refractivity contribution in [3.05, 3.63) is 35.5 Å². The Balaban J connectivity index is 1.14. The highest BCUT2D eigenvalue weighted by Gasteiger charge is 2.39. The van der Waals surface area contributed by atoms with Gasteiger partial charge < -0.3 is 39.1 Å². The maximum absolute atomic E-state index is 14.0. The second-order valence-electron chi connectivity index (χ2n) is 16.3. The van der Waals surface area contributed by atoms with Gasteiger partial charge in [0.15, 0.2) is 6.61 Å². The highest BCUT2D eigenvalue weighted by molar-refractivity contribution is 5.99. The van der Waals surface area contributed by atoms with Gasteiger partial charge in [0.25, 0.3) is 11.8 Å². The number of carbonyl (C=O) groups excluding carboxylic acids is 6. The molecular weight excluding hydrogens is 745 g/mol. The number of hydrogen-bond acceptors (Lipinski definition) is 10. The van der Waals surface area contributed by atoms with E-state index in [1.54, 1.807) is 19.6 Å². The Morgan fingerprint density at radius 1 is 0.897 bits per heavy atom. The molecule has 0 radical (unpaired) electrons. The molecule has 6 rings (SSSR count). The topological polar surface area (TPSA) is 168 Å². The largest absolute Gasteiger partial charge is 0.483 e. The molecule has 2 saturated carbocycles. The molecule has 1 aromatic carbocycles. The predicted molar refractivity (Wildman–Crippen MR) is 215 cm³/mol. The Labute approximate surface area is 341 Å². The number of esters is 1. The molecule has 2 atom stereocenters. The molecule has 1 N–H and O–H groups in total. The van der Waals surface area contributed by atoms with Crippen molar-refractivity contribution in [2.75, 3.05) is 59.6 Å². The number of fused-ring (bicyclic) bond motifs is 1. The minimum atomic E-state index is -1.08. The second-order valence-corrected chi connectivity index (χ2v) is 16.3. The highest BCUT2D eigenvalue weighted by Crippen LogP contribution is 2.30. The number of amides is 5. The van der Waals surface area contributed by atoms with Gasteiger partial charge in [-0.15, -0.1) is 0 Å². The number of nitrogens with zero attached hydrogens (tertiary/aromatic N) is 5. The molecule has 1 aromatic heterocycles. The fourth-order valence-corrected chi connectivity index (χ4v) is 8.21. The summed E-state index contributed by atoms with van der Waals surface area (Å²) in [4.78, 5) is 91.6. The van der Waals surface area contributed by atoms with Crippen LogP contribution < -0.4 is 10.1 Å². The summed E-state index contributed by atoms with van der Waals surface area (Å²) >= 11 is 0. The van der Waals surface area contributed by atoms with Crippen LogP contribution in [0, 0.1) is 12.8 Å². The van der Waals surface area contributed by atoms with Crippen LogP contribution in [0.5, 0.6) is 5.75 Å². The third-order valence-electron chi connectivity index (χ3n) is 12.1. The van der Waals surface area contributed by atoms with E-state index in [1.807, 2.05) is 39.1 Å². The maximum Gasteiger partial charge on any atom is 0.409 e. The lowest BCUT2D eigenvalue weighted by Gasteiger charge is -2.37. The van der Waals surface area contributed by atoms with Crippen molar-refractivity contribution in [2.45, 2.75) is 115 Å². The average molecular weight is 805 g/mol. The van der Waals surface area contributed by atoms with Gasteiger partial charge in [-0.05, 0) is 88.3 Å². The number of aromatic nitrogens is 1. The van der Waals surface area contributed by atoms with Crippen molar-refractivity contribution in [3.63, 3.8) is 0 Å². The molecule has 4 fully saturated rings. The fourth-order valence-electron chi connectivity index (χ4n) is 8.21. The Kier molecular flexibility index (Phi) is 14.8. The van der Waals surface area contributed by atoms with E-state index in [-0.39, 0.29) is 80.8 Å². The summed E-state index contributed by atoms with van der Waals surface area (Å²) in [7, 11) is 1.82. The number of pyridine rings is 1. The first kappa shape index (κ1) is 42.7. The van der Waals surface area contributed by atoms with E-state index in [4.69, 9.17) is 14.2 Å². The standard InChI is InChI=1S/C43H60N6O9/c1-4-5-24-56-43(55)48-22-20-47(21-23-48)41(53)33(17-18-39(51)58-27-30-10-6-7-11-30)45-40(52)35-26-37(32-16-15-29(2)25-34(32)44-35)57-28-38(50)49-19-9-14-36(49)42(54)46(3)31-12-8-13-31/h15-16,25-26,30-31,33,36H,4-14,17-24,27-28H2,1-3H3,(H,45,52). The van der Waals surface area contributed by atoms with Crippen LogP contribution in [0.25, 0.3) is 10.9 Å². The summed E-state index contributed by atoms with van der Waals surface area (Å²) in [6.07, 6.45) is 9.86. The molecule has 15 nitrogen and oxygen atoms in total. The first-order valence-electron chi connectivity index (χ1n) is 21.3. The number of unbranched alkanes of at least 4 members (excludes halogenated alkanes) is 1. The molecule has 3 heterocycles. The monoisotopic (exact) mass is 804 g/mol. The number of ether oxygens (including phenoxy) is 3. The van der Waals surface area contributed by atoms with Crippen molar-refractivity contribution >= 4 is 46.6 Å². The molecule has 0 bridgehead atoms. The van der Waals surface area contributed by atoms with Gasteiger partial charge in [0, 0.05) is 63.7 Å². The molecule has 2 aliphatic heterocycles. The van der Waals surface area contributed by atoms with Gasteiger partial charge in [0.2, 0.25) is 11.8 Å². The van der Waals surface area contributed by atoms with Crippen LogP contribution in [0.2, 0.25) is 0 Å². The molecule has 2 aliphatic carbocycles. The van der Waals surface area contributed by atoms with E-state index >= 15 is 0 Å². The lowest BCUT2D eigenvalue weighted by Crippen LogP contribution is -2.56. The number of benzene rings is 1. The van der Waals surface area contributed by atoms with E-state index in [0.29, 0.717) is 43.0 Å². The van der Waals surface area contributed by atoms with Crippen LogP contribution >= 0.6 is 0 Å². The van der Waals surface area contributed by atoms with E-state index in [2.05, 4.69) is 10.3 Å². The minimum Gasteiger partial charge on any atom is -0.483 e. The van der Waals surface area contributed by atoms with Crippen LogP contribution in [-0.4, -0.2) is 138 Å². The number of rotatable bonds is 16. The van der Waals surface area contributed by atoms with Crippen molar-refractivity contribution in [1.82, 2.24) is 29.9 Å². The minimum absolute atomic E-state index is 0.00352.